The van der Waals surface area contributed by atoms with Gasteiger partial charge in [0.05, 0.1) is 21.3 Å². The van der Waals surface area contributed by atoms with Crippen molar-refractivity contribution < 1.29 is 17.9 Å². The monoisotopic (exact) mass is 452 g/mol. The SMILES string of the molecule is CC(C)(C)OC(=O)N1CCCCC1c1cccc2cc(S(=O)(=O)c3ccccc3)cnc12. The number of fused-ring (bicyclic) bond motifs is 1. The maximum atomic E-state index is 13.0. The first-order chi connectivity index (χ1) is 15.2. The van der Waals surface area contributed by atoms with Gasteiger partial charge in [-0.25, -0.2) is 13.2 Å². The average Bonchev–Trinajstić information content (AvgIpc) is 2.77. The number of hydrogen-bond acceptors (Lipinski definition) is 5. The Morgan fingerprint density at radius 2 is 1.78 bits per heavy atom. The van der Waals surface area contributed by atoms with Gasteiger partial charge in [0.2, 0.25) is 9.84 Å². The van der Waals surface area contributed by atoms with Crippen LogP contribution in [0, 0.1) is 0 Å². The van der Waals surface area contributed by atoms with Crippen LogP contribution in [-0.4, -0.2) is 36.5 Å². The van der Waals surface area contributed by atoms with E-state index in [1.165, 1.54) is 6.20 Å². The molecule has 1 saturated heterocycles. The first-order valence-electron chi connectivity index (χ1n) is 10.9. The number of nitrogens with zero attached hydrogens (tertiary/aromatic N) is 2. The van der Waals surface area contributed by atoms with E-state index >= 15 is 0 Å². The highest BCUT2D eigenvalue weighted by Crippen LogP contribution is 2.36. The summed E-state index contributed by atoms with van der Waals surface area (Å²) >= 11 is 0. The summed E-state index contributed by atoms with van der Waals surface area (Å²) in [6.45, 7) is 6.20. The fourth-order valence-electron chi connectivity index (χ4n) is 4.11. The van der Waals surface area contributed by atoms with Gasteiger partial charge in [-0.15, -0.1) is 0 Å². The second-order valence-electron chi connectivity index (χ2n) is 9.09. The molecule has 2 heterocycles. The Kier molecular flexibility index (Phi) is 5.95. The fraction of sp³-hybridized carbons (Fsp3) is 0.360. The number of likely N-dealkylation sites (tertiary alicyclic amines) is 1. The van der Waals surface area contributed by atoms with E-state index < -0.39 is 15.4 Å². The van der Waals surface area contributed by atoms with Gasteiger partial charge in [-0.1, -0.05) is 36.4 Å². The van der Waals surface area contributed by atoms with Gasteiger partial charge in [0, 0.05) is 23.7 Å². The van der Waals surface area contributed by atoms with Gasteiger partial charge < -0.3 is 9.64 Å². The molecule has 168 valence electrons. The van der Waals surface area contributed by atoms with Crippen molar-refractivity contribution in [1.29, 1.82) is 0 Å². The summed E-state index contributed by atoms with van der Waals surface area (Å²) in [5, 5.41) is 0.731. The van der Waals surface area contributed by atoms with Gasteiger partial charge in [-0.3, -0.25) is 4.98 Å². The van der Waals surface area contributed by atoms with E-state index in [-0.39, 0.29) is 21.9 Å². The third-order valence-corrected chi connectivity index (χ3v) is 7.31. The molecule has 1 atom stereocenters. The van der Waals surface area contributed by atoms with Gasteiger partial charge in [0.15, 0.2) is 0 Å². The van der Waals surface area contributed by atoms with Crippen LogP contribution in [0.2, 0.25) is 0 Å². The van der Waals surface area contributed by atoms with E-state index in [0.29, 0.717) is 12.1 Å². The van der Waals surface area contributed by atoms with E-state index in [1.807, 2.05) is 39.0 Å². The molecular formula is C25H28N2O4S. The maximum absolute atomic E-state index is 13.0. The number of rotatable bonds is 3. The molecule has 32 heavy (non-hydrogen) atoms. The second kappa shape index (κ2) is 8.54. The molecule has 0 saturated carbocycles. The largest absolute Gasteiger partial charge is 0.444 e. The molecule has 0 N–H and O–H groups in total. The first kappa shape index (κ1) is 22.3. The predicted octanol–water partition coefficient (Wildman–Crippen LogP) is 5.53. The summed E-state index contributed by atoms with van der Waals surface area (Å²) in [5.74, 6) is 0. The highest BCUT2D eigenvalue weighted by Gasteiger charge is 2.32. The van der Waals surface area contributed by atoms with Crippen molar-refractivity contribution in [2.45, 2.75) is 61.5 Å². The van der Waals surface area contributed by atoms with Gasteiger partial charge in [-0.2, -0.15) is 0 Å². The fourth-order valence-corrected chi connectivity index (χ4v) is 5.37. The second-order valence-corrected chi connectivity index (χ2v) is 11.0. The Morgan fingerprint density at radius 3 is 2.50 bits per heavy atom. The van der Waals surface area contributed by atoms with Crippen molar-refractivity contribution in [1.82, 2.24) is 9.88 Å². The van der Waals surface area contributed by atoms with Crippen LogP contribution in [-0.2, 0) is 14.6 Å². The van der Waals surface area contributed by atoms with Crippen LogP contribution in [0.25, 0.3) is 10.9 Å². The summed E-state index contributed by atoms with van der Waals surface area (Å²) < 4.78 is 31.7. The smallest absolute Gasteiger partial charge is 0.410 e. The van der Waals surface area contributed by atoms with Crippen LogP contribution in [0.15, 0.2) is 70.6 Å². The van der Waals surface area contributed by atoms with E-state index in [0.717, 1.165) is 30.2 Å². The normalized spacial score (nSPS) is 17.3. The number of pyridine rings is 1. The lowest BCUT2D eigenvalue weighted by molar-refractivity contribution is 0.00967. The number of aromatic nitrogens is 1. The maximum Gasteiger partial charge on any atom is 0.410 e. The van der Waals surface area contributed by atoms with Crippen LogP contribution in [0.4, 0.5) is 4.79 Å². The van der Waals surface area contributed by atoms with Crippen molar-refractivity contribution in [2.24, 2.45) is 0 Å². The number of benzene rings is 2. The van der Waals surface area contributed by atoms with Crippen LogP contribution in [0.5, 0.6) is 0 Å². The van der Waals surface area contributed by atoms with Crippen LogP contribution in [0.1, 0.15) is 51.6 Å². The van der Waals surface area contributed by atoms with Crippen LogP contribution < -0.4 is 0 Å². The van der Waals surface area contributed by atoms with E-state index in [9.17, 15) is 13.2 Å². The molecule has 4 rings (SSSR count). The van der Waals surface area contributed by atoms with Gasteiger partial charge >= 0.3 is 6.09 Å². The number of ether oxygens (including phenoxy) is 1. The molecule has 6 nitrogen and oxygen atoms in total. The van der Waals surface area contributed by atoms with Crippen LogP contribution in [0.3, 0.4) is 0 Å². The molecule has 0 spiro atoms. The van der Waals surface area contributed by atoms with Crippen molar-refractivity contribution >= 4 is 26.8 Å². The minimum atomic E-state index is -3.66. The first-order valence-corrected chi connectivity index (χ1v) is 12.3. The van der Waals surface area contributed by atoms with Crippen molar-refractivity contribution in [3.05, 3.63) is 66.4 Å². The quantitative estimate of drug-likeness (QED) is 0.522. The minimum absolute atomic E-state index is 0.154. The van der Waals surface area contributed by atoms with Crippen molar-refractivity contribution in [2.75, 3.05) is 6.54 Å². The lowest BCUT2D eigenvalue weighted by atomic mass is 9.93. The highest BCUT2D eigenvalue weighted by molar-refractivity contribution is 7.91. The Labute approximate surface area is 189 Å². The molecule has 3 aromatic rings. The van der Waals surface area contributed by atoms with E-state index in [2.05, 4.69) is 4.98 Å². The summed E-state index contributed by atoms with van der Waals surface area (Å²) in [6.07, 6.45) is 3.81. The molecule has 1 aromatic heterocycles. The Hall–Kier alpha value is -2.93. The third kappa shape index (κ3) is 4.48. The molecule has 0 aliphatic carbocycles. The summed E-state index contributed by atoms with van der Waals surface area (Å²) in [6, 6.07) is 15.6. The lowest BCUT2D eigenvalue weighted by Crippen LogP contribution is -2.41. The van der Waals surface area contributed by atoms with Crippen LogP contribution >= 0.6 is 0 Å². The minimum Gasteiger partial charge on any atom is -0.444 e. The van der Waals surface area contributed by atoms with Gasteiger partial charge in [-0.05, 0) is 58.2 Å². The zero-order valence-corrected chi connectivity index (χ0v) is 19.4. The molecular weight excluding hydrogens is 424 g/mol. The Bertz CT molecular complexity index is 1230. The number of carbonyl (C=O) groups excluding carboxylic acids is 1. The summed E-state index contributed by atoms with van der Waals surface area (Å²) in [4.78, 5) is 19.6. The highest BCUT2D eigenvalue weighted by atomic mass is 32.2. The predicted molar refractivity (Wildman–Crippen MR) is 123 cm³/mol. The standard InChI is InChI=1S/C25H28N2O4S/c1-25(2,3)31-24(28)27-15-8-7-14-22(27)21-13-9-10-18-16-20(17-26-23(18)21)32(29,30)19-11-5-4-6-12-19/h4-6,9-13,16-17,22H,7-8,14-15H2,1-3H3. The number of hydrogen-bond donors (Lipinski definition) is 0. The number of piperidine rings is 1. The Balaban J connectivity index is 1.73. The Morgan fingerprint density at radius 1 is 1.03 bits per heavy atom. The molecule has 1 aliphatic rings. The molecule has 1 fully saturated rings. The van der Waals surface area contributed by atoms with Gasteiger partial charge in [0.1, 0.15) is 5.60 Å². The van der Waals surface area contributed by atoms with Gasteiger partial charge in [0.25, 0.3) is 0 Å². The molecule has 1 aliphatic heterocycles. The van der Waals surface area contributed by atoms with Crippen molar-refractivity contribution in [3.8, 4) is 0 Å². The molecule has 0 radical (unpaired) electrons. The van der Waals surface area contributed by atoms with E-state index in [1.54, 1.807) is 41.3 Å². The summed E-state index contributed by atoms with van der Waals surface area (Å²) in [5.41, 5.74) is 1.05. The molecule has 1 unspecified atom stereocenters. The average molecular weight is 453 g/mol. The zero-order valence-electron chi connectivity index (χ0n) is 18.6. The summed E-state index contributed by atoms with van der Waals surface area (Å²) in [7, 11) is -3.66. The number of sulfone groups is 1. The molecule has 1 amide bonds. The zero-order chi connectivity index (χ0) is 22.9. The third-order valence-electron chi connectivity index (χ3n) is 5.57. The lowest BCUT2D eigenvalue weighted by Gasteiger charge is -2.37. The molecule has 2 aromatic carbocycles. The topological polar surface area (TPSA) is 76.6 Å². The number of amides is 1. The molecule has 0 bridgehead atoms. The number of para-hydroxylation sites is 1. The van der Waals surface area contributed by atoms with Crippen molar-refractivity contribution in [3.63, 3.8) is 0 Å². The van der Waals surface area contributed by atoms with E-state index in [4.69, 9.17) is 4.74 Å². The number of carbonyl (C=O) groups is 1. The molecule has 7 heteroatoms.